The van der Waals surface area contributed by atoms with Crippen molar-refractivity contribution in [2.24, 2.45) is 0 Å². The monoisotopic (exact) mass is 600 g/mol. The summed E-state index contributed by atoms with van der Waals surface area (Å²) in [4.78, 5) is 43.5. The zero-order valence-corrected chi connectivity index (χ0v) is 24.5. The quantitative estimate of drug-likeness (QED) is 0.356. The molecule has 2 fully saturated rings. The average Bonchev–Trinajstić information content (AvgIpc) is 3.70. The van der Waals surface area contributed by atoms with Gasteiger partial charge in [-0.05, 0) is 56.4 Å². The summed E-state index contributed by atoms with van der Waals surface area (Å²) >= 11 is 1.22. The van der Waals surface area contributed by atoms with Crippen LogP contribution in [-0.4, -0.2) is 80.1 Å². The van der Waals surface area contributed by atoms with Crippen LogP contribution in [0.4, 0.5) is 4.39 Å². The van der Waals surface area contributed by atoms with E-state index in [1.165, 1.54) is 63.3 Å². The van der Waals surface area contributed by atoms with Gasteiger partial charge in [0.1, 0.15) is 27.4 Å². The largest absolute Gasteiger partial charge is 0.496 e. The van der Waals surface area contributed by atoms with Crippen LogP contribution in [0.15, 0.2) is 40.2 Å². The molecule has 1 atom stereocenters. The van der Waals surface area contributed by atoms with Crippen LogP contribution < -0.4 is 16.0 Å². The van der Waals surface area contributed by atoms with Crippen molar-refractivity contribution in [2.45, 2.75) is 51.3 Å². The average molecular weight is 601 g/mol. The number of thiophene rings is 1. The summed E-state index contributed by atoms with van der Waals surface area (Å²) in [6, 6.07) is 3.34. The summed E-state index contributed by atoms with van der Waals surface area (Å²) in [5.74, 6) is -0.189. The number of aliphatic hydroxyl groups excluding tert-OH is 1. The van der Waals surface area contributed by atoms with E-state index in [0.29, 0.717) is 45.1 Å². The lowest BCUT2D eigenvalue weighted by molar-refractivity contribution is -0.129. The van der Waals surface area contributed by atoms with Crippen LogP contribution >= 0.6 is 11.3 Å². The highest BCUT2D eigenvalue weighted by Gasteiger charge is 2.34. The van der Waals surface area contributed by atoms with Crippen LogP contribution in [-0.2, 0) is 22.5 Å². The van der Waals surface area contributed by atoms with Gasteiger partial charge in [0.05, 0.1) is 31.0 Å². The second-order valence-electron chi connectivity index (χ2n) is 10.3. The molecule has 4 aromatic rings. The molecule has 0 radical (unpaired) electrons. The maximum Gasteiger partial charge on any atom is 0.332 e. The second kappa shape index (κ2) is 12.5. The standard InChI is InChI=1S/C23H23FN6O4S.C5H10O2/c1-13-18-20(32)29(16-7-10-27(2)19(16)31)23(33)28(22(18)35-21(13)30-25-8-9-26-30)11-6-14-12-15(24)4-5-17(14)34-3;6-5-1-3-7-4-2-5/h4-5,8-9,12,16H,6-7,10-11H2,1-3H3;5-6H,1-4H2. The van der Waals surface area contributed by atoms with Gasteiger partial charge < -0.3 is 19.5 Å². The fourth-order valence-electron chi connectivity index (χ4n) is 5.24. The van der Waals surface area contributed by atoms with E-state index in [1.54, 1.807) is 14.0 Å². The highest BCUT2D eigenvalue weighted by molar-refractivity contribution is 7.21. The lowest BCUT2D eigenvalue weighted by Crippen LogP contribution is -2.44. The molecule has 0 saturated carbocycles. The number of methoxy groups -OCH3 is 1. The topological polar surface area (TPSA) is 134 Å². The van der Waals surface area contributed by atoms with E-state index in [0.717, 1.165) is 30.6 Å². The van der Waals surface area contributed by atoms with E-state index in [2.05, 4.69) is 10.2 Å². The number of nitrogens with zero attached hydrogens (tertiary/aromatic N) is 6. The summed E-state index contributed by atoms with van der Waals surface area (Å²) in [7, 11) is 3.15. The summed E-state index contributed by atoms with van der Waals surface area (Å²) in [6.07, 6.45) is 5.24. The van der Waals surface area contributed by atoms with Crippen molar-refractivity contribution >= 4 is 27.5 Å². The number of aliphatic hydroxyl groups is 1. The molecular weight excluding hydrogens is 567 g/mol. The first-order valence-electron chi connectivity index (χ1n) is 13.7. The number of hydrogen-bond donors (Lipinski definition) is 1. The van der Waals surface area contributed by atoms with Gasteiger partial charge in [0, 0.05) is 38.9 Å². The van der Waals surface area contributed by atoms with Crippen LogP contribution in [0.2, 0.25) is 0 Å². The molecule has 6 rings (SSSR count). The van der Waals surface area contributed by atoms with Crippen molar-refractivity contribution < 1.29 is 23.8 Å². The number of carbonyl (C=O) groups is 1. The molecule has 5 heterocycles. The number of aryl methyl sites for hydroxylation is 3. The molecule has 2 aliphatic heterocycles. The molecule has 14 heteroatoms. The first-order valence-corrected chi connectivity index (χ1v) is 14.5. The number of benzene rings is 1. The van der Waals surface area contributed by atoms with Gasteiger partial charge in [0.25, 0.3) is 5.56 Å². The molecule has 2 aliphatic rings. The van der Waals surface area contributed by atoms with Crippen molar-refractivity contribution in [3.05, 3.63) is 68.4 Å². The molecule has 42 heavy (non-hydrogen) atoms. The highest BCUT2D eigenvalue weighted by Crippen LogP contribution is 2.31. The predicted molar refractivity (Wildman–Crippen MR) is 154 cm³/mol. The molecule has 1 N–H and O–H groups in total. The molecule has 1 aromatic carbocycles. The van der Waals surface area contributed by atoms with Crippen molar-refractivity contribution in [3.8, 4) is 10.8 Å². The van der Waals surface area contributed by atoms with E-state index in [-0.39, 0.29) is 25.0 Å². The van der Waals surface area contributed by atoms with Gasteiger partial charge in [-0.25, -0.2) is 13.8 Å². The van der Waals surface area contributed by atoms with E-state index in [1.807, 2.05) is 0 Å². The minimum atomic E-state index is -0.870. The van der Waals surface area contributed by atoms with E-state index in [9.17, 15) is 18.8 Å². The van der Waals surface area contributed by atoms with Crippen molar-refractivity contribution in [3.63, 3.8) is 0 Å². The maximum atomic E-state index is 13.9. The Morgan fingerprint density at radius 3 is 2.45 bits per heavy atom. The van der Waals surface area contributed by atoms with Crippen molar-refractivity contribution in [2.75, 3.05) is 33.9 Å². The molecule has 0 bridgehead atoms. The first kappa shape index (κ1) is 29.6. The normalized spacial score (nSPS) is 17.5. The molecular formula is C28H33FN6O6S. The number of halogens is 1. The van der Waals surface area contributed by atoms with Gasteiger partial charge in [-0.1, -0.05) is 11.3 Å². The van der Waals surface area contributed by atoms with Crippen LogP contribution in [0.5, 0.6) is 5.75 Å². The smallest absolute Gasteiger partial charge is 0.332 e. The van der Waals surface area contributed by atoms with Gasteiger partial charge >= 0.3 is 5.69 Å². The lowest BCUT2D eigenvalue weighted by atomic mass is 10.1. The van der Waals surface area contributed by atoms with Crippen molar-refractivity contribution in [1.82, 2.24) is 29.0 Å². The molecule has 224 valence electrons. The first-order chi connectivity index (χ1) is 20.2. The van der Waals surface area contributed by atoms with Crippen LogP contribution in [0.1, 0.15) is 36.4 Å². The van der Waals surface area contributed by atoms with Crippen LogP contribution in [0, 0.1) is 12.7 Å². The SMILES string of the molecule is COc1ccc(F)cc1CCn1c(=O)n(C2CCN(C)C2=O)c(=O)c2c(C)c(-n3nccn3)sc21.OC1CCOCC1. The Morgan fingerprint density at radius 2 is 1.86 bits per heavy atom. The summed E-state index contributed by atoms with van der Waals surface area (Å²) < 4.78 is 26.8. The Bertz CT molecular complexity index is 1690. The molecule has 2 saturated heterocycles. The minimum absolute atomic E-state index is 0.0891. The van der Waals surface area contributed by atoms with Crippen molar-refractivity contribution in [1.29, 1.82) is 0 Å². The number of amides is 1. The predicted octanol–water partition coefficient (Wildman–Crippen LogP) is 2.07. The number of carbonyl (C=O) groups excluding carboxylic acids is 1. The Kier molecular flexibility index (Phi) is 8.85. The van der Waals surface area contributed by atoms with Gasteiger partial charge in [0.15, 0.2) is 0 Å². The number of hydrogen-bond acceptors (Lipinski definition) is 9. The minimum Gasteiger partial charge on any atom is -0.496 e. The summed E-state index contributed by atoms with van der Waals surface area (Å²) in [5, 5.41) is 18.1. The maximum absolute atomic E-state index is 13.9. The lowest BCUT2D eigenvalue weighted by Gasteiger charge is -2.17. The third-order valence-electron chi connectivity index (χ3n) is 7.57. The third kappa shape index (κ3) is 5.74. The van der Waals surface area contributed by atoms with Gasteiger partial charge in [-0.2, -0.15) is 10.2 Å². The molecule has 1 unspecified atom stereocenters. The molecule has 0 aliphatic carbocycles. The highest BCUT2D eigenvalue weighted by atomic mass is 32.1. The number of rotatable bonds is 6. The Hall–Kier alpha value is -3.88. The van der Waals surface area contributed by atoms with E-state index < -0.39 is 23.1 Å². The number of aromatic nitrogens is 5. The van der Waals surface area contributed by atoms with Gasteiger partial charge in [-0.15, -0.1) is 4.80 Å². The van der Waals surface area contributed by atoms with Gasteiger partial charge in [0.2, 0.25) is 5.91 Å². The molecule has 0 spiro atoms. The Morgan fingerprint density at radius 1 is 1.14 bits per heavy atom. The zero-order chi connectivity index (χ0) is 30.0. The molecule has 3 aromatic heterocycles. The fraction of sp³-hybridized carbons (Fsp3) is 0.464. The van der Waals surface area contributed by atoms with Crippen LogP contribution in [0.3, 0.4) is 0 Å². The van der Waals surface area contributed by atoms with Crippen LogP contribution in [0.25, 0.3) is 15.2 Å². The Labute approximate surface area is 244 Å². The number of ether oxygens (including phenoxy) is 2. The number of fused-ring (bicyclic) bond motifs is 1. The molecule has 12 nitrogen and oxygen atoms in total. The van der Waals surface area contributed by atoms with E-state index in [4.69, 9.17) is 14.6 Å². The number of likely N-dealkylation sites (N-methyl/N-ethyl adjacent to an activating group) is 1. The Balaban J connectivity index is 0.000000442. The molecule has 1 amide bonds. The third-order valence-corrected chi connectivity index (χ3v) is 8.85. The van der Waals surface area contributed by atoms with Gasteiger partial charge in [-0.3, -0.25) is 14.2 Å². The fourth-order valence-corrected chi connectivity index (χ4v) is 6.48. The zero-order valence-electron chi connectivity index (χ0n) is 23.7. The summed E-state index contributed by atoms with van der Waals surface area (Å²) in [6.45, 7) is 3.86. The van der Waals surface area contributed by atoms with E-state index >= 15 is 0 Å². The number of likely N-dealkylation sites (tertiary alicyclic amines) is 1. The second-order valence-corrected chi connectivity index (χ2v) is 11.2. The summed E-state index contributed by atoms with van der Waals surface area (Å²) in [5.41, 5.74) is 0.123.